The number of carbonyl (C=O) groups is 1. The van der Waals surface area contributed by atoms with Gasteiger partial charge in [0.05, 0.1) is 24.5 Å². The molecule has 2 aromatic rings. The van der Waals surface area contributed by atoms with E-state index < -0.39 is 5.97 Å². The summed E-state index contributed by atoms with van der Waals surface area (Å²) in [6, 6.07) is 11.5. The normalized spacial score (nSPS) is 17.2. The zero-order valence-corrected chi connectivity index (χ0v) is 18.2. The minimum Gasteiger partial charge on any atom is -0.464 e. The smallest absolute Gasteiger partial charge is 0.356 e. The fourth-order valence-corrected chi connectivity index (χ4v) is 4.24. The SMILES string of the molecule is COC(=O)c1cc(N2CCC(OC)CC2)c(C(=N)C2CCC2)c(Nc2ccccc2)n1. The Bertz CT molecular complexity index is 935. The molecule has 31 heavy (non-hydrogen) atoms. The number of para-hydroxylation sites is 1. The molecular formula is C24H30N4O3. The van der Waals surface area contributed by atoms with Gasteiger partial charge in [-0.2, -0.15) is 0 Å². The molecule has 0 spiro atoms. The molecule has 0 bridgehead atoms. The predicted octanol–water partition coefficient (Wildman–Crippen LogP) is 4.39. The molecule has 1 aliphatic carbocycles. The highest BCUT2D eigenvalue weighted by molar-refractivity contribution is 6.10. The number of anilines is 3. The molecule has 0 radical (unpaired) electrons. The Morgan fingerprint density at radius 1 is 1.13 bits per heavy atom. The second-order valence-electron chi connectivity index (χ2n) is 8.20. The molecule has 7 nitrogen and oxygen atoms in total. The summed E-state index contributed by atoms with van der Waals surface area (Å²) in [7, 11) is 3.12. The van der Waals surface area contributed by atoms with Gasteiger partial charge < -0.3 is 25.1 Å². The highest BCUT2D eigenvalue weighted by Gasteiger charge is 2.31. The quantitative estimate of drug-likeness (QED) is 0.508. The maximum atomic E-state index is 12.4. The third-order valence-electron chi connectivity index (χ3n) is 6.33. The van der Waals surface area contributed by atoms with Crippen molar-refractivity contribution < 1.29 is 14.3 Å². The number of hydrogen-bond donors (Lipinski definition) is 2. The number of rotatable bonds is 7. The van der Waals surface area contributed by atoms with Crippen molar-refractivity contribution in [3.05, 3.63) is 47.7 Å². The number of hydrogen-bond acceptors (Lipinski definition) is 7. The van der Waals surface area contributed by atoms with Gasteiger partial charge in [0.2, 0.25) is 0 Å². The number of piperidine rings is 1. The summed E-state index contributed by atoms with van der Waals surface area (Å²) in [5, 5.41) is 12.4. The van der Waals surface area contributed by atoms with E-state index in [9.17, 15) is 4.79 Å². The summed E-state index contributed by atoms with van der Waals surface area (Å²) in [5.41, 5.74) is 3.37. The maximum Gasteiger partial charge on any atom is 0.356 e. The molecule has 0 amide bonds. The molecule has 4 rings (SSSR count). The first-order valence-corrected chi connectivity index (χ1v) is 10.9. The van der Waals surface area contributed by atoms with Gasteiger partial charge in [-0.3, -0.25) is 0 Å². The average Bonchev–Trinajstić information content (AvgIpc) is 2.77. The van der Waals surface area contributed by atoms with Crippen LogP contribution in [0.4, 0.5) is 17.2 Å². The van der Waals surface area contributed by atoms with Crippen LogP contribution in [0.3, 0.4) is 0 Å². The Hall–Kier alpha value is -2.93. The van der Waals surface area contributed by atoms with Gasteiger partial charge in [-0.1, -0.05) is 24.6 Å². The summed E-state index contributed by atoms with van der Waals surface area (Å²) in [6.45, 7) is 1.61. The van der Waals surface area contributed by atoms with Gasteiger partial charge in [-0.25, -0.2) is 9.78 Å². The first-order valence-electron chi connectivity index (χ1n) is 10.9. The van der Waals surface area contributed by atoms with Crippen molar-refractivity contribution >= 4 is 28.9 Å². The van der Waals surface area contributed by atoms with Gasteiger partial charge in [0.1, 0.15) is 5.82 Å². The molecule has 7 heteroatoms. The standard InChI is InChI=1S/C24H30N4O3/c1-30-18-11-13-28(14-12-18)20-15-19(24(29)31-2)27-23(26-17-9-4-3-5-10-17)21(20)22(25)16-7-6-8-16/h3-5,9-10,15-16,18,25H,6-8,11-14H2,1-2H3,(H,26,27). The Morgan fingerprint density at radius 2 is 1.84 bits per heavy atom. The number of pyridine rings is 1. The molecular weight excluding hydrogens is 392 g/mol. The van der Waals surface area contributed by atoms with Gasteiger partial charge >= 0.3 is 5.97 Å². The van der Waals surface area contributed by atoms with E-state index in [1.165, 1.54) is 7.11 Å². The number of nitrogens with zero attached hydrogens (tertiary/aromatic N) is 2. The molecule has 2 N–H and O–H groups in total. The van der Waals surface area contributed by atoms with Crippen molar-refractivity contribution in [2.45, 2.75) is 38.2 Å². The highest BCUT2D eigenvalue weighted by Crippen LogP contribution is 2.38. The van der Waals surface area contributed by atoms with Crippen LogP contribution in [-0.4, -0.2) is 50.1 Å². The van der Waals surface area contributed by atoms with E-state index in [0.717, 1.165) is 62.1 Å². The van der Waals surface area contributed by atoms with Crippen LogP contribution >= 0.6 is 0 Å². The number of benzene rings is 1. The molecule has 2 heterocycles. The predicted molar refractivity (Wildman–Crippen MR) is 122 cm³/mol. The Balaban J connectivity index is 1.80. The molecule has 2 fully saturated rings. The van der Waals surface area contributed by atoms with E-state index in [2.05, 4.69) is 15.2 Å². The van der Waals surface area contributed by atoms with Crippen molar-refractivity contribution in [1.29, 1.82) is 5.41 Å². The van der Waals surface area contributed by atoms with Gasteiger partial charge in [0.25, 0.3) is 0 Å². The molecule has 164 valence electrons. The lowest BCUT2D eigenvalue weighted by Crippen LogP contribution is -2.38. The van der Waals surface area contributed by atoms with Crippen LogP contribution in [0.5, 0.6) is 0 Å². The van der Waals surface area contributed by atoms with Crippen molar-refractivity contribution in [1.82, 2.24) is 4.98 Å². The largest absolute Gasteiger partial charge is 0.464 e. The molecule has 0 unspecified atom stereocenters. The number of aromatic nitrogens is 1. The van der Waals surface area contributed by atoms with E-state index in [1.54, 1.807) is 13.2 Å². The minimum atomic E-state index is -0.481. The van der Waals surface area contributed by atoms with Crippen molar-refractivity contribution in [3.63, 3.8) is 0 Å². The number of ether oxygens (including phenoxy) is 2. The first kappa shape index (κ1) is 21.3. The van der Waals surface area contributed by atoms with Crippen molar-refractivity contribution in [2.24, 2.45) is 5.92 Å². The van der Waals surface area contributed by atoms with Crippen LogP contribution in [-0.2, 0) is 9.47 Å². The van der Waals surface area contributed by atoms with Gasteiger partial charge in [0, 0.05) is 37.5 Å². The number of esters is 1. The fourth-order valence-electron chi connectivity index (χ4n) is 4.24. The summed E-state index contributed by atoms with van der Waals surface area (Å²) in [4.78, 5) is 19.3. The highest BCUT2D eigenvalue weighted by atomic mass is 16.5. The number of methoxy groups -OCH3 is 2. The molecule has 1 aliphatic heterocycles. The first-order chi connectivity index (χ1) is 15.1. The lowest BCUT2D eigenvalue weighted by Gasteiger charge is -2.36. The van der Waals surface area contributed by atoms with Crippen molar-refractivity contribution in [3.8, 4) is 0 Å². The van der Waals surface area contributed by atoms with Crippen LogP contribution in [0.2, 0.25) is 0 Å². The summed E-state index contributed by atoms with van der Waals surface area (Å²) in [6.07, 6.45) is 5.25. The third kappa shape index (κ3) is 4.56. The zero-order chi connectivity index (χ0) is 21.8. The molecule has 1 aromatic heterocycles. The van der Waals surface area contributed by atoms with Gasteiger partial charge in [-0.05, 0) is 43.9 Å². The van der Waals surface area contributed by atoms with E-state index in [0.29, 0.717) is 11.5 Å². The van der Waals surface area contributed by atoms with Crippen LogP contribution in [0.15, 0.2) is 36.4 Å². The average molecular weight is 423 g/mol. The third-order valence-corrected chi connectivity index (χ3v) is 6.33. The molecule has 0 atom stereocenters. The lowest BCUT2D eigenvalue weighted by atomic mass is 9.79. The molecule has 1 saturated heterocycles. The fraction of sp³-hybridized carbons (Fsp3) is 0.458. The van der Waals surface area contributed by atoms with Crippen molar-refractivity contribution in [2.75, 3.05) is 37.5 Å². The monoisotopic (exact) mass is 422 g/mol. The molecule has 2 aliphatic rings. The van der Waals surface area contributed by atoms with Gasteiger partial charge in [-0.15, -0.1) is 0 Å². The van der Waals surface area contributed by atoms with E-state index in [4.69, 9.17) is 14.9 Å². The number of carbonyl (C=O) groups excluding carboxylic acids is 1. The van der Waals surface area contributed by atoms with Crippen LogP contribution in [0.25, 0.3) is 0 Å². The Kier molecular flexibility index (Phi) is 6.51. The Labute approximate surface area is 183 Å². The minimum absolute atomic E-state index is 0.234. The van der Waals surface area contributed by atoms with Crippen LogP contribution in [0.1, 0.15) is 48.2 Å². The maximum absolute atomic E-state index is 12.4. The molecule has 1 saturated carbocycles. The van der Waals surface area contributed by atoms with E-state index in [-0.39, 0.29) is 17.7 Å². The van der Waals surface area contributed by atoms with Crippen LogP contribution in [0, 0.1) is 11.3 Å². The van der Waals surface area contributed by atoms with Gasteiger partial charge in [0.15, 0.2) is 5.69 Å². The summed E-state index contributed by atoms with van der Waals surface area (Å²) >= 11 is 0. The lowest BCUT2D eigenvalue weighted by molar-refractivity contribution is 0.0594. The summed E-state index contributed by atoms with van der Waals surface area (Å²) in [5.74, 6) is 0.290. The van der Waals surface area contributed by atoms with E-state index in [1.807, 2.05) is 30.3 Å². The van der Waals surface area contributed by atoms with E-state index >= 15 is 0 Å². The van der Waals surface area contributed by atoms with Crippen LogP contribution < -0.4 is 10.2 Å². The summed E-state index contributed by atoms with van der Waals surface area (Å²) < 4.78 is 10.5. The number of nitrogens with one attached hydrogen (secondary N) is 2. The topological polar surface area (TPSA) is 87.5 Å². The molecule has 1 aromatic carbocycles. The second kappa shape index (κ2) is 9.47. The second-order valence-corrected chi connectivity index (χ2v) is 8.20. The Morgan fingerprint density at radius 3 is 2.42 bits per heavy atom. The zero-order valence-electron chi connectivity index (χ0n) is 18.2.